The van der Waals surface area contributed by atoms with Crippen molar-refractivity contribution in [3.8, 4) is 0 Å². The first kappa shape index (κ1) is 20.8. The number of imide groups is 2. The largest absolute Gasteiger partial charge is 0.491 e. The molecular formula is C20H16B2N2O7. The first-order chi connectivity index (χ1) is 14.8. The second-order valence-electron chi connectivity index (χ2n) is 6.94. The molecule has 0 spiro atoms. The van der Waals surface area contributed by atoms with E-state index in [4.69, 9.17) is 0 Å². The molecule has 9 nitrogen and oxygen atoms in total. The van der Waals surface area contributed by atoms with Crippen LogP contribution in [0, 0.1) is 0 Å². The molecule has 4 rings (SSSR count). The molecule has 1 aliphatic rings. The van der Waals surface area contributed by atoms with Gasteiger partial charge in [-0.25, -0.2) is 14.6 Å². The van der Waals surface area contributed by atoms with Gasteiger partial charge in [-0.15, -0.1) is 0 Å². The van der Waals surface area contributed by atoms with E-state index in [1.807, 2.05) is 0 Å². The summed E-state index contributed by atoms with van der Waals surface area (Å²) in [6.45, 7) is 0. The minimum absolute atomic E-state index is 0.0652. The SMILES string of the molecule is O=C1CC(=O)N(c2ccc3ccccc3c2B(O)O)C(=O)N1c1ccccc1B(O)O. The van der Waals surface area contributed by atoms with Crippen molar-refractivity contribution < 1.29 is 34.5 Å². The highest BCUT2D eigenvalue weighted by molar-refractivity contribution is 6.65. The van der Waals surface area contributed by atoms with E-state index in [9.17, 15) is 34.5 Å². The van der Waals surface area contributed by atoms with Crippen LogP contribution in [0.15, 0.2) is 60.7 Å². The summed E-state index contributed by atoms with van der Waals surface area (Å²) >= 11 is 0. The zero-order chi connectivity index (χ0) is 22.3. The summed E-state index contributed by atoms with van der Waals surface area (Å²) in [5, 5.41) is 40.4. The average molecular weight is 418 g/mol. The van der Waals surface area contributed by atoms with Crippen LogP contribution in [0.5, 0.6) is 0 Å². The van der Waals surface area contributed by atoms with E-state index in [1.54, 1.807) is 30.3 Å². The van der Waals surface area contributed by atoms with Gasteiger partial charge in [-0.2, -0.15) is 0 Å². The number of urea groups is 1. The first-order valence-electron chi connectivity index (χ1n) is 9.34. The molecule has 1 fully saturated rings. The standard InChI is InChI=1S/C20H16B2N2O7/c25-17-11-18(26)24(20(27)23(17)15-8-4-3-7-14(15)21(28)29)16-10-9-12-5-1-2-6-13(12)19(16)22(30)31/h1-10,28-31H,11H2. The number of carbonyl (C=O) groups excluding carboxylic acids is 3. The van der Waals surface area contributed by atoms with Gasteiger partial charge in [0.2, 0.25) is 11.8 Å². The van der Waals surface area contributed by atoms with Crippen molar-refractivity contribution in [3.63, 3.8) is 0 Å². The minimum Gasteiger partial charge on any atom is -0.423 e. The van der Waals surface area contributed by atoms with Crippen LogP contribution in [0.1, 0.15) is 6.42 Å². The van der Waals surface area contributed by atoms with Crippen LogP contribution >= 0.6 is 0 Å². The van der Waals surface area contributed by atoms with Crippen LogP contribution in [0.2, 0.25) is 0 Å². The number of para-hydroxylation sites is 1. The highest BCUT2D eigenvalue weighted by Gasteiger charge is 2.43. The predicted octanol–water partition coefficient (Wildman–Crippen LogP) is -0.911. The quantitative estimate of drug-likeness (QED) is 0.318. The Kier molecular flexibility index (Phi) is 5.34. The third-order valence-corrected chi connectivity index (χ3v) is 5.09. The lowest BCUT2D eigenvalue weighted by Gasteiger charge is -2.34. The molecule has 4 N–H and O–H groups in total. The van der Waals surface area contributed by atoms with Crippen molar-refractivity contribution in [2.75, 3.05) is 9.80 Å². The molecule has 0 unspecified atom stereocenters. The number of rotatable bonds is 4. The van der Waals surface area contributed by atoms with Crippen molar-refractivity contribution in [2.24, 2.45) is 0 Å². The molecule has 1 saturated heterocycles. The Morgan fingerprint density at radius 1 is 0.677 bits per heavy atom. The van der Waals surface area contributed by atoms with E-state index >= 15 is 0 Å². The van der Waals surface area contributed by atoms with Gasteiger partial charge < -0.3 is 20.1 Å². The molecule has 0 aromatic heterocycles. The van der Waals surface area contributed by atoms with Crippen molar-refractivity contribution >= 4 is 65.2 Å². The molecule has 11 heteroatoms. The molecule has 1 aliphatic heterocycles. The summed E-state index contributed by atoms with van der Waals surface area (Å²) < 4.78 is 0. The number of barbiturate groups is 1. The second kappa shape index (κ2) is 7.97. The van der Waals surface area contributed by atoms with Gasteiger partial charge in [0.1, 0.15) is 6.42 Å². The Balaban J connectivity index is 1.89. The van der Waals surface area contributed by atoms with Gasteiger partial charge in [0.15, 0.2) is 0 Å². The number of anilines is 2. The fourth-order valence-electron chi connectivity index (χ4n) is 3.74. The summed E-state index contributed by atoms with van der Waals surface area (Å²) in [4.78, 5) is 40.0. The van der Waals surface area contributed by atoms with Crippen molar-refractivity contribution in [1.82, 2.24) is 0 Å². The maximum Gasteiger partial charge on any atom is 0.491 e. The van der Waals surface area contributed by atoms with Gasteiger partial charge in [-0.05, 0) is 22.9 Å². The third kappa shape index (κ3) is 3.49. The van der Waals surface area contributed by atoms with Crippen molar-refractivity contribution in [2.45, 2.75) is 6.42 Å². The van der Waals surface area contributed by atoms with E-state index in [0.29, 0.717) is 20.6 Å². The Bertz CT molecular complexity index is 1220. The number of carbonyl (C=O) groups is 3. The van der Waals surface area contributed by atoms with Crippen molar-refractivity contribution in [1.29, 1.82) is 0 Å². The zero-order valence-corrected chi connectivity index (χ0v) is 16.0. The van der Waals surface area contributed by atoms with E-state index in [0.717, 1.165) is 0 Å². The minimum atomic E-state index is -2.00. The molecule has 0 bridgehead atoms. The Morgan fingerprint density at radius 3 is 1.97 bits per heavy atom. The van der Waals surface area contributed by atoms with Crippen LogP contribution in [-0.2, 0) is 9.59 Å². The number of amides is 4. The summed E-state index contributed by atoms with van der Waals surface area (Å²) in [5.41, 5.74) is -0.330. The van der Waals surface area contributed by atoms with Gasteiger partial charge in [0, 0.05) is 10.9 Å². The molecule has 0 radical (unpaired) electrons. The molecule has 31 heavy (non-hydrogen) atoms. The Morgan fingerprint density at radius 2 is 1.29 bits per heavy atom. The normalized spacial score (nSPS) is 14.4. The molecule has 3 aromatic rings. The van der Waals surface area contributed by atoms with Gasteiger partial charge in [-0.1, -0.05) is 48.5 Å². The van der Waals surface area contributed by atoms with Crippen LogP contribution < -0.4 is 20.7 Å². The van der Waals surface area contributed by atoms with Gasteiger partial charge in [-0.3, -0.25) is 9.59 Å². The molecule has 3 aromatic carbocycles. The fraction of sp³-hybridized carbons (Fsp3) is 0.0500. The fourth-order valence-corrected chi connectivity index (χ4v) is 3.74. The number of nitrogens with zero attached hydrogens (tertiary/aromatic N) is 2. The molecule has 0 atom stereocenters. The van der Waals surface area contributed by atoms with E-state index in [1.165, 1.54) is 30.3 Å². The highest BCUT2D eigenvalue weighted by atomic mass is 16.4. The molecular weight excluding hydrogens is 402 g/mol. The third-order valence-electron chi connectivity index (χ3n) is 5.09. The maximum absolute atomic E-state index is 13.3. The van der Waals surface area contributed by atoms with Crippen LogP contribution in [0.4, 0.5) is 16.2 Å². The number of hydrogen-bond donors (Lipinski definition) is 4. The molecule has 0 aliphatic carbocycles. The topological polar surface area (TPSA) is 139 Å². The molecule has 1 heterocycles. The molecule has 4 amide bonds. The van der Waals surface area contributed by atoms with Crippen LogP contribution in [0.3, 0.4) is 0 Å². The monoisotopic (exact) mass is 418 g/mol. The van der Waals surface area contributed by atoms with E-state index < -0.39 is 38.5 Å². The predicted molar refractivity (Wildman–Crippen MR) is 115 cm³/mol. The van der Waals surface area contributed by atoms with Gasteiger partial charge >= 0.3 is 20.3 Å². The second-order valence-corrected chi connectivity index (χ2v) is 6.94. The Labute approximate surface area is 177 Å². The summed E-state index contributed by atoms with van der Waals surface area (Å²) in [6.07, 6.45) is -0.671. The number of hydrogen-bond acceptors (Lipinski definition) is 7. The van der Waals surface area contributed by atoms with E-state index in [-0.39, 0.29) is 22.3 Å². The molecule has 154 valence electrons. The van der Waals surface area contributed by atoms with Crippen molar-refractivity contribution in [3.05, 3.63) is 60.7 Å². The van der Waals surface area contributed by atoms with Gasteiger partial charge in [0.05, 0.1) is 11.4 Å². The number of benzene rings is 3. The number of fused-ring (bicyclic) bond motifs is 1. The average Bonchev–Trinajstić information content (AvgIpc) is 2.73. The highest BCUT2D eigenvalue weighted by Crippen LogP contribution is 2.27. The maximum atomic E-state index is 13.3. The lowest BCUT2D eigenvalue weighted by atomic mass is 9.75. The summed E-state index contributed by atoms with van der Waals surface area (Å²) in [5.74, 6) is -1.68. The molecule has 0 saturated carbocycles. The van der Waals surface area contributed by atoms with Crippen LogP contribution in [-0.4, -0.2) is 52.2 Å². The van der Waals surface area contributed by atoms with Crippen LogP contribution in [0.25, 0.3) is 10.8 Å². The lowest BCUT2D eigenvalue weighted by molar-refractivity contribution is -0.126. The first-order valence-corrected chi connectivity index (χ1v) is 9.34. The zero-order valence-electron chi connectivity index (χ0n) is 16.0. The van der Waals surface area contributed by atoms with Gasteiger partial charge in [0.25, 0.3) is 0 Å². The van der Waals surface area contributed by atoms with E-state index in [2.05, 4.69) is 0 Å². The summed E-state index contributed by atoms with van der Waals surface area (Å²) in [7, 11) is -3.96. The Hall–Kier alpha value is -3.50. The lowest BCUT2D eigenvalue weighted by Crippen LogP contribution is -2.58. The summed E-state index contributed by atoms with van der Waals surface area (Å²) in [6, 6.07) is 14.4. The smallest absolute Gasteiger partial charge is 0.423 e.